The Morgan fingerprint density at radius 2 is 2.11 bits per heavy atom. The van der Waals surface area contributed by atoms with Crippen molar-refractivity contribution in [2.75, 3.05) is 0 Å². The zero-order valence-electron chi connectivity index (χ0n) is 11.1. The summed E-state index contributed by atoms with van der Waals surface area (Å²) in [5, 5.41) is 0.731. The molecule has 1 fully saturated rings. The molecule has 2 aromatic rings. The maximum Gasteiger partial charge on any atom is 0.198 e. The summed E-state index contributed by atoms with van der Waals surface area (Å²) in [4.78, 5) is 4.63. The highest BCUT2D eigenvalue weighted by Crippen LogP contribution is 2.40. The fourth-order valence-corrected chi connectivity index (χ4v) is 2.83. The van der Waals surface area contributed by atoms with Crippen molar-refractivity contribution < 1.29 is 4.42 Å². The summed E-state index contributed by atoms with van der Waals surface area (Å²) in [5.74, 6) is 1.84. The highest BCUT2D eigenvalue weighted by atomic mass is 35.5. The van der Waals surface area contributed by atoms with Crippen molar-refractivity contribution in [3.8, 4) is 0 Å². The second-order valence-corrected chi connectivity index (χ2v) is 5.97. The maximum absolute atomic E-state index is 6.42. The number of hydrogen-bond donors (Lipinski definition) is 0. The van der Waals surface area contributed by atoms with E-state index in [1.165, 1.54) is 24.8 Å². The van der Waals surface area contributed by atoms with E-state index >= 15 is 0 Å². The van der Waals surface area contributed by atoms with Crippen LogP contribution in [0.5, 0.6) is 0 Å². The molecule has 0 atom stereocenters. The van der Waals surface area contributed by atoms with Crippen LogP contribution in [-0.4, -0.2) is 4.98 Å². The van der Waals surface area contributed by atoms with Crippen LogP contribution in [0, 0.1) is 6.92 Å². The van der Waals surface area contributed by atoms with Crippen LogP contribution in [0.3, 0.4) is 0 Å². The number of oxazole rings is 1. The van der Waals surface area contributed by atoms with E-state index in [1.54, 1.807) is 0 Å². The second-order valence-electron chi connectivity index (χ2n) is 5.59. The van der Waals surface area contributed by atoms with E-state index < -0.39 is 0 Å². The molecule has 3 rings (SSSR count). The van der Waals surface area contributed by atoms with Crippen molar-refractivity contribution in [3.05, 3.63) is 28.1 Å². The molecule has 0 unspecified atom stereocenters. The molecule has 0 amide bonds. The standard InChI is InChI=1S/C15H18ClNO/c1-8(2)11-7-12-14(13(16)9(11)3)18-15(17-12)10-5-4-6-10/h7-8,10H,4-6H2,1-3H3. The van der Waals surface area contributed by atoms with Crippen molar-refractivity contribution >= 4 is 22.7 Å². The Kier molecular flexibility index (Phi) is 2.86. The Morgan fingerprint density at radius 1 is 1.39 bits per heavy atom. The van der Waals surface area contributed by atoms with Crippen LogP contribution in [-0.2, 0) is 0 Å². The number of benzene rings is 1. The number of nitrogens with zero attached hydrogens (tertiary/aromatic N) is 1. The molecule has 1 saturated carbocycles. The van der Waals surface area contributed by atoms with Crippen LogP contribution < -0.4 is 0 Å². The predicted octanol–water partition coefficient (Wildman–Crippen LogP) is 5.18. The highest BCUT2D eigenvalue weighted by molar-refractivity contribution is 6.35. The van der Waals surface area contributed by atoms with Crippen LogP contribution in [0.2, 0.25) is 5.02 Å². The second kappa shape index (κ2) is 4.27. The summed E-state index contributed by atoms with van der Waals surface area (Å²) in [6.07, 6.45) is 3.67. The van der Waals surface area contributed by atoms with Gasteiger partial charge >= 0.3 is 0 Å². The summed E-state index contributed by atoms with van der Waals surface area (Å²) in [6, 6.07) is 2.13. The van der Waals surface area contributed by atoms with E-state index in [2.05, 4.69) is 31.8 Å². The number of rotatable bonds is 2. The van der Waals surface area contributed by atoms with E-state index in [4.69, 9.17) is 16.0 Å². The van der Waals surface area contributed by atoms with Crippen molar-refractivity contribution in [3.63, 3.8) is 0 Å². The van der Waals surface area contributed by atoms with E-state index in [9.17, 15) is 0 Å². The topological polar surface area (TPSA) is 26.0 Å². The Morgan fingerprint density at radius 3 is 2.67 bits per heavy atom. The third-order valence-electron chi connectivity index (χ3n) is 4.00. The first-order valence-corrected chi connectivity index (χ1v) is 7.05. The molecular formula is C15H18ClNO. The first kappa shape index (κ1) is 12.0. The monoisotopic (exact) mass is 263 g/mol. The van der Waals surface area contributed by atoms with Gasteiger partial charge in [0.15, 0.2) is 11.5 Å². The minimum absolute atomic E-state index is 0.454. The minimum atomic E-state index is 0.454. The molecule has 0 bridgehead atoms. The van der Waals surface area contributed by atoms with Gasteiger partial charge in [-0.1, -0.05) is 31.9 Å². The van der Waals surface area contributed by atoms with Gasteiger partial charge in [0.2, 0.25) is 0 Å². The molecule has 96 valence electrons. The van der Waals surface area contributed by atoms with Gasteiger partial charge < -0.3 is 4.42 Å². The fraction of sp³-hybridized carbons (Fsp3) is 0.533. The smallest absolute Gasteiger partial charge is 0.198 e. The summed E-state index contributed by atoms with van der Waals surface area (Å²) in [7, 11) is 0. The van der Waals surface area contributed by atoms with Crippen LogP contribution in [0.1, 0.15) is 62.0 Å². The molecule has 0 spiro atoms. The summed E-state index contributed by atoms with van der Waals surface area (Å²) < 4.78 is 5.88. The van der Waals surface area contributed by atoms with Gasteiger partial charge in [-0.05, 0) is 42.9 Å². The average molecular weight is 264 g/mol. The Bertz CT molecular complexity index is 596. The zero-order chi connectivity index (χ0) is 12.9. The lowest BCUT2D eigenvalue weighted by atomic mass is 9.85. The number of hydrogen-bond acceptors (Lipinski definition) is 2. The van der Waals surface area contributed by atoms with Gasteiger partial charge in [-0.2, -0.15) is 0 Å². The first-order chi connectivity index (χ1) is 8.58. The van der Waals surface area contributed by atoms with Gasteiger partial charge in [-0.15, -0.1) is 0 Å². The van der Waals surface area contributed by atoms with Crippen molar-refractivity contribution in [1.82, 2.24) is 4.98 Å². The van der Waals surface area contributed by atoms with Crippen LogP contribution in [0.4, 0.5) is 0 Å². The number of fused-ring (bicyclic) bond motifs is 1. The molecule has 1 aliphatic carbocycles. The fourth-order valence-electron chi connectivity index (χ4n) is 2.59. The largest absolute Gasteiger partial charge is 0.439 e. The lowest BCUT2D eigenvalue weighted by Crippen LogP contribution is -2.08. The van der Waals surface area contributed by atoms with E-state index in [1.807, 2.05) is 0 Å². The molecule has 0 N–H and O–H groups in total. The molecule has 0 radical (unpaired) electrons. The van der Waals surface area contributed by atoms with Crippen molar-refractivity contribution in [2.45, 2.75) is 51.9 Å². The van der Waals surface area contributed by atoms with Gasteiger partial charge in [-0.3, -0.25) is 0 Å². The molecule has 1 aliphatic rings. The minimum Gasteiger partial charge on any atom is -0.439 e. The van der Waals surface area contributed by atoms with Gasteiger partial charge in [0.25, 0.3) is 0 Å². The van der Waals surface area contributed by atoms with Gasteiger partial charge in [0.05, 0.1) is 5.02 Å². The Labute approximate surface area is 112 Å². The third kappa shape index (κ3) is 1.74. The first-order valence-electron chi connectivity index (χ1n) is 6.67. The molecule has 1 aromatic carbocycles. The molecule has 0 aliphatic heterocycles. The van der Waals surface area contributed by atoms with Gasteiger partial charge in [0, 0.05) is 5.92 Å². The van der Waals surface area contributed by atoms with Gasteiger partial charge in [0.1, 0.15) is 5.52 Å². The summed E-state index contributed by atoms with van der Waals surface area (Å²) >= 11 is 6.42. The van der Waals surface area contributed by atoms with Gasteiger partial charge in [-0.25, -0.2) is 4.98 Å². The highest BCUT2D eigenvalue weighted by Gasteiger charge is 2.26. The SMILES string of the molecule is Cc1c(C(C)C)cc2nc(C3CCC3)oc2c1Cl. The van der Waals surface area contributed by atoms with E-state index in [0.29, 0.717) is 11.8 Å². The van der Waals surface area contributed by atoms with Crippen molar-refractivity contribution in [1.29, 1.82) is 0 Å². The zero-order valence-corrected chi connectivity index (χ0v) is 11.8. The number of aromatic nitrogens is 1. The molecule has 2 nitrogen and oxygen atoms in total. The summed E-state index contributed by atoms with van der Waals surface area (Å²) in [5.41, 5.74) is 4.06. The van der Waals surface area contributed by atoms with E-state index in [0.717, 1.165) is 27.6 Å². The molecule has 0 saturated heterocycles. The maximum atomic E-state index is 6.42. The predicted molar refractivity (Wildman–Crippen MR) is 74.4 cm³/mol. The van der Waals surface area contributed by atoms with Crippen LogP contribution >= 0.6 is 11.6 Å². The lowest BCUT2D eigenvalue weighted by Gasteiger charge is -2.21. The Balaban J connectivity index is 2.17. The van der Waals surface area contributed by atoms with Crippen LogP contribution in [0.25, 0.3) is 11.1 Å². The van der Waals surface area contributed by atoms with Crippen LogP contribution in [0.15, 0.2) is 10.5 Å². The molecule has 18 heavy (non-hydrogen) atoms. The summed E-state index contributed by atoms with van der Waals surface area (Å²) in [6.45, 7) is 6.41. The lowest BCUT2D eigenvalue weighted by molar-refractivity contribution is 0.344. The number of halogens is 1. The van der Waals surface area contributed by atoms with E-state index in [-0.39, 0.29) is 0 Å². The molecule has 1 aromatic heterocycles. The molecule has 3 heteroatoms. The molecular weight excluding hydrogens is 246 g/mol. The van der Waals surface area contributed by atoms with Crippen molar-refractivity contribution in [2.24, 2.45) is 0 Å². The normalized spacial score (nSPS) is 16.5. The third-order valence-corrected chi connectivity index (χ3v) is 4.46. The molecule has 1 heterocycles. The average Bonchev–Trinajstić information content (AvgIpc) is 2.64. The quantitative estimate of drug-likeness (QED) is 0.746. The Hall–Kier alpha value is -1.02.